The van der Waals surface area contributed by atoms with Gasteiger partial charge < -0.3 is 0 Å². The molecule has 0 unspecified atom stereocenters. The Balaban J connectivity index is 2.52. The van der Waals surface area contributed by atoms with Gasteiger partial charge in [-0.25, -0.2) is 0 Å². The molecule has 0 saturated heterocycles. The van der Waals surface area contributed by atoms with Crippen molar-refractivity contribution in [1.82, 2.24) is 0 Å². The standard InChI is InChI=1S/C24H35P/c1-6-11-12-25(23-15-19(7-2)13-20(8-3)16-23)24-17-21(9-4)14-22(10-5)18-24/h13-18H,6-12H2,1-5H3. The van der Waals surface area contributed by atoms with Crippen LogP contribution in [0.5, 0.6) is 0 Å². The Kier molecular flexibility index (Phi) is 8.17. The first-order valence-electron chi connectivity index (χ1n) is 10.2. The zero-order chi connectivity index (χ0) is 18.2. The largest absolute Gasteiger partial charge is 0.0654 e. The monoisotopic (exact) mass is 354 g/mol. The van der Waals surface area contributed by atoms with E-state index >= 15 is 0 Å². The maximum atomic E-state index is 2.49. The molecule has 0 N–H and O–H groups in total. The maximum absolute atomic E-state index is 2.49. The molecule has 0 spiro atoms. The van der Waals surface area contributed by atoms with Crippen LogP contribution in [0.3, 0.4) is 0 Å². The topological polar surface area (TPSA) is 0 Å². The third-order valence-electron chi connectivity index (χ3n) is 5.07. The van der Waals surface area contributed by atoms with Gasteiger partial charge in [0.15, 0.2) is 0 Å². The Hall–Kier alpha value is -1.13. The zero-order valence-corrected chi connectivity index (χ0v) is 17.8. The van der Waals surface area contributed by atoms with Crippen molar-refractivity contribution >= 4 is 18.5 Å². The number of unbranched alkanes of at least 4 members (excludes halogenated alkanes) is 1. The molecule has 0 nitrogen and oxygen atoms in total. The van der Waals surface area contributed by atoms with Gasteiger partial charge in [0.05, 0.1) is 0 Å². The average Bonchev–Trinajstić information content (AvgIpc) is 2.67. The van der Waals surface area contributed by atoms with Crippen molar-refractivity contribution in [3.63, 3.8) is 0 Å². The highest BCUT2D eigenvalue weighted by molar-refractivity contribution is 7.73. The summed E-state index contributed by atoms with van der Waals surface area (Å²) in [6.07, 6.45) is 8.45. The highest BCUT2D eigenvalue weighted by atomic mass is 31.1. The van der Waals surface area contributed by atoms with Gasteiger partial charge in [-0.05, 0) is 79.1 Å². The lowest BCUT2D eigenvalue weighted by Gasteiger charge is -2.22. The van der Waals surface area contributed by atoms with E-state index in [1.165, 1.54) is 41.3 Å². The fourth-order valence-corrected chi connectivity index (χ4v) is 6.07. The number of aryl methyl sites for hydroxylation is 4. The van der Waals surface area contributed by atoms with Gasteiger partial charge in [-0.1, -0.05) is 77.4 Å². The van der Waals surface area contributed by atoms with Crippen LogP contribution in [-0.4, -0.2) is 6.16 Å². The van der Waals surface area contributed by atoms with Gasteiger partial charge in [-0.15, -0.1) is 0 Å². The van der Waals surface area contributed by atoms with Crippen LogP contribution < -0.4 is 10.6 Å². The molecular formula is C24H35P. The van der Waals surface area contributed by atoms with Crippen LogP contribution in [0.4, 0.5) is 0 Å². The normalized spacial score (nSPS) is 11.3. The summed E-state index contributed by atoms with van der Waals surface area (Å²) in [6.45, 7) is 11.4. The zero-order valence-electron chi connectivity index (χ0n) is 16.9. The lowest BCUT2D eigenvalue weighted by Crippen LogP contribution is -2.17. The highest BCUT2D eigenvalue weighted by Gasteiger charge is 2.16. The summed E-state index contributed by atoms with van der Waals surface area (Å²) < 4.78 is 0. The molecule has 0 bridgehead atoms. The molecule has 136 valence electrons. The van der Waals surface area contributed by atoms with Crippen molar-refractivity contribution in [2.24, 2.45) is 0 Å². The molecule has 2 aromatic carbocycles. The first-order valence-corrected chi connectivity index (χ1v) is 11.7. The van der Waals surface area contributed by atoms with E-state index in [9.17, 15) is 0 Å². The lowest BCUT2D eigenvalue weighted by molar-refractivity contribution is 0.893. The summed E-state index contributed by atoms with van der Waals surface area (Å²) in [5, 5.41) is 3.19. The molecule has 0 aliphatic carbocycles. The van der Waals surface area contributed by atoms with Crippen molar-refractivity contribution < 1.29 is 0 Å². The van der Waals surface area contributed by atoms with Crippen LogP contribution in [0.1, 0.15) is 69.7 Å². The molecule has 0 aliphatic heterocycles. The first-order chi connectivity index (χ1) is 12.1. The molecule has 25 heavy (non-hydrogen) atoms. The minimum absolute atomic E-state index is 0.244. The van der Waals surface area contributed by atoms with Gasteiger partial charge >= 0.3 is 0 Å². The van der Waals surface area contributed by atoms with E-state index in [0.29, 0.717) is 0 Å². The molecule has 0 amide bonds. The van der Waals surface area contributed by atoms with Gasteiger partial charge in [0.25, 0.3) is 0 Å². The minimum Gasteiger partial charge on any atom is -0.0654 e. The second-order valence-electron chi connectivity index (χ2n) is 6.93. The van der Waals surface area contributed by atoms with Crippen LogP contribution in [0.25, 0.3) is 0 Å². The Morgan fingerprint density at radius 2 is 0.920 bits per heavy atom. The number of rotatable bonds is 9. The van der Waals surface area contributed by atoms with Crippen LogP contribution in [0.2, 0.25) is 0 Å². The molecule has 0 fully saturated rings. The number of hydrogen-bond donors (Lipinski definition) is 0. The Bertz CT molecular complexity index is 572. The molecule has 0 aliphatic rings. The van der Waals surface area contributed by atoms with Gasteiger partial charge in [-0.2, -0.15) is 0 Å². The summed E-state index contributed by atoms with van der Waals surface area (Å²) in [4.78, 5) is 0. The predicted octanol–water partition coefficient (Wildman–Crippen LogP) is 6.17. The van der Waals surface area contributed by atoms with E-state index in [4.69, 9.17) is 0 Å². The number of hydrogen-bond acceptors (Lipinski definition) is 0. The summed E-state index contributed by atoms with van der Waals surface area (Å²) in [5.41, 5.74) is 6.00. The number of benzene rings is 2. The van der Waals surface area contributed by atoms with Gasteiger partial charge in [-0.3, -0.25) is 0 Å². The second-order valence-corrected chi connectivity index (χ2v) is 9.27. The fraction of sp³-hybridized carbons (Fsp3) is 0.500. The molecule has 0 radical (unpaired) electrons. The van der Waals surface area contributed by atoms with Crippen LogP contribution in [0.15, 0.2) is 36.4 Å². The fourth-order valence-electron chi connectivity index (χ4n) is 3.34. The molecule has 1 heteroatoms. The summed E-state index contributed by atoms with van der Waals surface area (Å²) in [5.74, 6) is 0. The van der Waals surface area contributed by atoms with Crippen molar-refractivity contribution in [1.29, 1.82) is 0 Å². The Morgan fingerprint density at radius 3 is 1.20 bits per heavy atom. The predicted molar refractivity (Wildman–Crippen MR) is 116 cm³/mol. The summed E-state index contributed by atoms with van der Waals surface area (Å²) in [7, 11) is -0.244. The van der Waals surface area contributed by atoms with Crippen molar-refractivity contribution in [3.8, 4) is 0 Å². The van der Waals surface area contributed by atoms with Crippen LogP contribution in [0, 0.1) is 0 Å². The molecule has 0 aromatic heterocycles. The molecule has 0 saturated carbocycles. The quantitative estimate of drug-likeness (QED) is 0.472. The van der Waals surface area contributed by atoms with Crippen LogP contribution >= 0.6 is 7.92 Å². The Morgan fingerprint density at radius 1 is 0.560 bits per heavy atom. The Labute approximate surface area is 156 Å². The molecule has 0 heterocycles. The third kappa shape index (κ3) is 5.42. The third-order valence-corrected chi connectivity index (χ3v) is 7.59. The smallest absolute Gasteiger partial charge is 0.0190 e. The van der Waals surface area contributed by atoms with Gasteiger partial charge in [0, 0.05) is 0 Å². The maximum Gasteiger partial charge on any atom is -0.0190 e. The summed E-state index contributed by atoms with van der Waals surface area (Å²) >= 11 is 0. The average molecular weight is 355 g/mol. The van der Waals surface area contributed by atoms with Crippen LogP contribution in [-0.2, 0) is 25.7 Å². The highest BCUT2D eigenvalue weighted by Crippen LogP contribution is 2.36. The van der Waals surface area contributed by atoms with Gasteiger partial charge in [0.1, 0.15) is 0 Å². The second kappa shape index (κ2) is 10.1. The van der Waals surface area contributed by atoms with E-state index in [2.05, 4.69) is 71.0 Å². The van der Waals surface area contributed by atoms with E-state index in [1.54, 1.807) is 10.6 Å². The minimum atomic E-state index is -0.244. The van der Waals surface area contributed by atoms with Gasteiger partial charge in [0.2, 0.25) is 0 Å². The molecule has 0 atom stereocenters. The van der Waals surface area contributed by atoms with Crippen molar-refractivity contribution in [2.45, 2.75) is 73.1 Å². The van der Waals surface area contributed by atoms with Crippen molar-refractivity contribution in [3.05, 3.63) is 58.7 Å². The summed E-state index contributed by atoms with van der Waals surface area (Å²) in [6, 6.07) is 14.8. The van der Waals surface area contributed by atoms with E-state index in [1.807, 2.05) is 0 Å². The van der Waals surface area contributed by atoms with E-state index in [0.717, 1.165) is 25.7 Å². The lowest BCUT2D eigenvalue weighted by atomic mass is 10.1. The SMILES string of the molecule is CCCCP(c1cc(CC)cc(CC)c1)c1cc(CC)cc(CC)c1. The van der Waals surface area contributed by atoms with E-state index < -0.39 is 0 Å². The molecule has 2 aromatic rings. The molecule has 2 rings (SSSR count). The first kappa shape index (κ1) is 20.2. The van der Waals surface area contributed by atoms with E-state index in [-0.39, 0.29) is 7.92 Å². The molecular weight excluding hydrogens is 319 g/mol. The van der Waals surface area contributed by atoms with Crippen molar-refractivity contribution in [2.75, 3.05) is 6.16 Å².